The van der Waals surface area contributed by atoms with E-state index in [1.165, 1.54) is 12.4 Å². The van der Waals surface area contributed by atoms with Crippen LogP contribution in [0.25, 0.3) is 22.3 Å². The largest absolute Gasteiger partial charge is 0.457 e. The van der Waals surface area contributed by atoms with Crippen LogP contribution < -0.4 is 15.8 Å². The number of piperidine rings is 1. The Morgan fingerprint density at radius 1 is 1.21 bits per heavy atom. The number of aromatic nitrogens is 4. The quantitative estimate of drug-likeness (QED) is 0.216. The van der Waals surface area contributed by atoms with Crippen LogP contribution in [0.5, 0.6) is 11.5 Å². The highest BCUT2D eigenvalue weighted by molar-refractivity contribution is 5.99. The fourth-order valence-electron chi connectivity index (χ4n) is 5.78. The highest BCUT2D eigenvalue weighted by atomic mass is 19.1. The fourth-order valence-corrected chi connectivity index (χ4v) is 5.78. The zero-order chi connectivity index (χ0) is 30.1. The number of ether oxygens (including phenoxy) is 1. The number of carbonyl (C=O) groups excluding carboxylic acids is 1. The van der Waals surface area contributed by atoms with Gasteiger partial charge in [0, 0.05) is 36.3 Å². The van der Waals surface area contributed by atoms with Crippen molar-refractivity contribution in [3.05, 3.63) is 72.3 Å². The van der Waals surface area contributed by atoms with Crippen molar-refractivity contribution in [3.8, 4) is 28.8 Å². The second-order valence-corrected chi connectivity index (χ2v) is 11.5. The molecule has 2 aliphatic rings. The number of nitriles is 1. The Hall–Kier alpha value is -4.82. The third-order valence-corrected chi connectivity index (χ3v) is 7.86. The molecule has 0 unspecified atom stereocenters. The predicted octanol–water partition coefficient (Wildman–Crippen LogP) is 5.15. The number of rotatable bonds is 8. The summed E-state index contributed by atoms with van der Waals surface area (Å²) in [6, 6.07) is 15.8. The van der Waals surface area contributed by atoms with Crippen LogP contribution in [0.1, 0.15) is 45.6 Å². The zero-order valence-electron chi connectivity index (χ0n) is 24.1. The van der Waals surface area contributed by atoms with Crippen molar-refractivity contribution >= 4 is 22.8 Å². The molecule has 0 bridgehead atoms. The molecule has 2 aromatic heterocycles. The Bertz CT molecular complexity index is 1740. The molecule has 3 heterocycles. The number of amides is 1. The average molecular weight is 581 g/mol. The summed E-state index contributed by atoms with van der Waals surface area (Å²) < 4.78 is 23.1. The number of carbonyl (C=O) groups is 1. The zero-order valence-corrected chi connectivity index (χ0v) is 24.1. The first-order chi connectivity index (χ1) is 20.8. The van der Waals surface area contributed by atoms with Gasteiger partial charge in [0.25, 0.3) is 5.91 Å². The molecule has 6 rings (SSSR count). The summed E-state index contributed by atoms with van der Waals surface area (Å²) in [5.41, 5.74) is 7.14. The van der Waals surface area contributed by atoms with E-state index in [2.05, 4.69) is 35.2 Å². The molecule has 1 atom stereocenters. The van der Waals surface area contributed by atoms with E-state index in [-0.39, 0.29) is 40.5 Å². The second kappa shape index (κ2) is 11.5. The van der Waals surface area contributed by atoms with Gasteiger partial charge in [-0.2, -0.15) is 10.4 Å². The first-order valence-corrected chi connectivity index (χ1v) is 14.5. The maximum Gasteiger partial charge on any atom is 0.264 e. The third kappa shape index (κ3) is 5.79. The lowest BCUT2D eigenvalue weighted by molar-refractivity contribution is -0.128. The maximum atomic E-state index is 15.6. The lowest BCUT2D eigenvalue weighted by Crippen LogP contribution is -2.42. The number of benzene rings is 2. The van der Waals surface area contributed by atoms with Crippen LogP contribution >= 0.6 is 0 Å². The van der Waals surface area contributed by atoms with Gasteiger partial charge in [0.1, 0.15) is 46.8 Å². The summed E-state index contributed by atoms with van der Waals surface area (Å²) in [6.07, 6.45) is 6.37. The number of nitrogens with zero attached hydrogens (tertiary/aromatic N) is 6. The number of nitrogens with two attached hydrogens (primary N) is 1. The number of anilines is 1. The first-order valence-electron chi connectivity index (χ1n) is 14.5. The molecule has 0 spiro atoms. The molecule has 1 aliphatic heterocycles. The van der Waals surface area contributed by atoms with Crippen LogP contribution in [0, 0.1) is 17.1 Å². The lowest BCUT2D eigenvalue weighted by atomic mass is 10.0. The predicted molar refractivity (Wildman–Crippen MR) is 160 cm³/mol. The van der Waals surface area contributed by atoms with Crippen molar-refractivity contribution in [2.75, 3.05) is 18.8 Å². The van der Waals surface area contributed by atoms with Crippen molar-refractivity contribution < 1.29 is 13.9 Å². The van der Waals surface area contributed by atoms with Crippen LogP contribution in [0.3, 0.4) is 0 Å². The van der Waals surface area contributed by atoms with Gasteiger partial charge in [0.2, 0.25) is 0 Å². The monoisotopic (exact) mass is 580 g/mol. The van der Waals surface area contributed by atoms with E-state index >= 15 is 4.39 Å². The summed E-state index contributed by atoms with van der Waals surface area (Å²) in [6.45, 7) is 4.96. The van der Waals surface area contributed by atoms with Gasteiger partial charge in [-0.25, -0.2) is 19.0 Å². The van der Waals surface area contributed by atoms with Crippen LogP contribution in [-0.2, 0) is 4.79 Å². The normalized spacial score (nSPS) is 18.1. The molecule has 2 aromatic carbocycles. The van der Waals surface area contributed by atoms with Crippen molar-refractivity contribution in [3.63, 3.8) is 0 Å². The molecular weight excluding hydrogens is 547 g/mol. The van der Waals surface area contributed by atoms with E-state index in [0.717, 1.165) is 19.3 Å². The molecule has 1 amide bonds. The third-order valence-electron chi connectivity index (χ3n) is 7.86. The minimum Gasteiger partial charge on any atom is -0.457 e. The van der Waals surface area contributed by atoms with Gasteiger partial charge in [-0.3, -0.25) is 4.79 Å². The van der Waals surface area contributed by atoms with Crippen molar-refractivity contribution in [2.45, 2.75) is 57.2 Å². The summed E-state index contributed by atoms with van der Waals surface area (Å²) in [5, 5.41) is 18.6. The molecule has 4 aromatic rings. The minimum absolute atomic E-state index is 0.142. The van der Waals surface area contributed by atoms with Gasteiger partial charge in [-0.15, -0.1) is 0 Å². The number of halogens is 1. The molecular formula is C32H33FN8O2. The number of para-hydroxylation sites is 1. The van der Waals surface area contributed by atoms with Gasteiger partial charge in [0.05, 0.1) is 11.4 Å². The van der Waals surface area contributed by atoms with E-state index in [1.54, 1.807) is 39.9 Å². The molecule has 1 aliphatic carbocycles. The van der Waals surface area contributed by atoms with Gasteiger partial charge in [-0.1, -0.05) is 32.0 Å². The molecule has 2 fully saturated rings. The summed E-state index contributed by atoms with van der Waals surface area (Å²) in [7, 11) is 0. The highest BCUT2D eigenvalue weighted by Gasteiger charge is 2.42. The van der Waals surface area contributed by atoms with Crippen LogP contribution in [-0.4, -0.2) is 55.2 Å². The van der Waals surface area contributed by atoms with Gasteiger partial charge >= 0.3 is 0 Å². The van der Waals surface area contributed by atoms with E-state index in [0.29, 0.717) is 47.7 Å². The van der Waals surface area contributed by atoms with Crippen molar-refractivity contribution in [1.29, 1.82) is 5.26 Å². The van der Waals surface area contributed by atoms with Crippen molar-refractivity contribution in [1.82, 2.24) is 30.0 Å². The molecule has 220 valence electrons. The SMILES string of the molecule is CC(C)NC1(C=C(C#N)C(=O)N2CCC[C@@H](n3nc(-c4ccc(Oc5ccccc5)cc4F)c4c(N)ncnc43)C2)CC1. The highest BCUT2D eigenvalue weighted by Crippen LogP contribution is 2.39. The van der Waals surface area contributed by atoms with Gasteiger partial charge < -0.3 is 20.7 Å². The summed E-state index contributed by atoms with van der Waals surface area (Å²) in [4.78, 5) is 23.8. The standard InChI is InChI=1S/C32H33FN8O2/c1-20(2)38-32(12-13-32)16-21(17-34)31(42)40-14-6-7-22(18-40)41-30-27(29(35)36-19-37-30)28(39-41)25-11-10-24(15-26(25)33)43-23-8-4-3-5-9-23/h3-5,8-11,15-16,19-20,22,38H,6-7,12-14,18H2,1-2H3,(H2,35,36,37)/t22-/m1/s1. The van der Waals surface area contributed by atoms with Crippen LogP contribution in [0.2, 0.25) is 0 Å². The summed E-state index contributed by atoms with van der Waals surface area (Å²) >= 11 is 0. The second-order valence-electron chi connectivity index (χ2n) is 11.5. The number of nitrogen functional groups attached to an aromatic ring is 1. The first kappa shape index (κ1) is 28.3. The molecule has 0 radical (unpaired) electrons. The Balaban J connectivity index is 1.30. The van der Waals surface area contributed by atoms with Crippen LogP contribution in [0.15, 0.2) is 66.5 Å². The van der Waals surface area contributed by atoms with Gasteiger partial charge in [0.15, 0.2) is 5.65 Å². The molecule has 10 nitrogen and oxygen atoms in total. The van der Waals surface area contributed by atoms with E-state index < -0.39 is 5.82 Å². The Labute approximate surface area is 249 Å². The molecule has 43 heavy (non-hydrogen) atoms. The Morgan fingerprint density at radius 3 is 2.70 bits per heavy atom. The van der Waals surface area contributed by atoms with Crippen LogP contribution in [0.4, 0.5) is 10.2 Å². The number of hydrogen-bond donors (Lipinski definition) is 2. The number of likely N-dealkylation sites (tertiary alicyclic amines) is 1. The van der Waals surface area contributed by atoms with Crippen molar-refractivity contribution in [2.24, 2.45) is 0 Å². The van der Waals surface area contributed by atoms with E-state index in [1.807, 2.05) is 18.2 Å². The summed E-state index contributed by atoms with van der Waals surface area (Å²) in [5.74, 6) is 0.295. The fraction of sp³-hybridized carbons (Fsp3) is 0.344. The maximum absolute atomic E-state index is 15.6. The topological polar surface area (TPSA) is 135 Å². The van der Waals surface area contributed by atoms with Gasteiger partial charge in [-0.05, 0) is 56.0 Å². The molecule has 11 heteroatoms. The molecule has 3 N–H and O–H groups in total. The lowest BCUT2D eigenvalue weighted by Gasteiger charge is -2.33. The Kier molecular flexibility index (Phi) is 7.54. The average Bonchev–Trinajstić information content (AvgIpc) is 3.63. The minimum atomic E-state index is -0.531. The number of hydrogen-bond acceptors (Lipinski definition) is 8. The smallest absolute Gasteiger partial charge is 0.264 e. The van der Waals surface area contributed by atoms with E-state index in [9.17, 15) is 10.1 Å². The van der Waals surface area contributed by atoms with E-state index in [4.69, 9.17) is 15.6 Å². The molecule has 1 saturated carbocycles. The number of nitrogens with one attached hydrogen (secondary N) is 1. The molecule has 1 saturated heterocycles. The number of fused-ring (bicyclic) bond motifs is 1. The Morgan fingerprint density at radius 2 is 2.00 bits per heavy atom.